The van der Waals surface area contributed by atoms with Crippen LogP contribution in [0.25, 0.3) is 0 Å². The molecule has 0 saturated heterocycles. The number of unbranched alkanes of at least 4 members (excludes halogenated alkanes) is 7. The van der Waals surface area contributed by atoms with Gasteiger partial charge >= 0.3 is 0 Å². The molecule has 2 unspecified atom stereocenters. The lowest BCUT2D eigenvalue weighted by Crippen LogP contribution is -2.19. The molecule has 1 aromatic carbocycles. The summed E-state index contributed by atoms with van der Waals surface area (Å²) in [6, 6.07) is 6.31. The minimum Gasteiger partial charge on any atom is -0.508 e. The number of phenols is 1. The number of aliphatic hydroxyl groups is 1. The fourth-order valence-electron chi connectivity index (χ4n) is 4.60. The molecule has 2 heteroatoms. The summed E-state index contributed by atoms with van der Waals surface area (Å²) in [4.78, 5) is 0. The van der Waals surface area contributed by atoms with E-state index in [2.05, 4.69) is 32.9 Å². The second kappa shape index (κ2) is 11.1. The highest BCUT2D eigenvalue weighted by Crippen LogP contribution is 2.40. The van der Waals surface area contributed by atoms with Gasteiger partial charge in [-0.3, -0.25) is 0 Å². The van der Waals surface area contributed by atoms with E-state index in [0.717, 1.165) is 31.2 Å². The van der Waals surface area contributed by atoms with Crippen molar-refractivity contribution >= 4 is 0 Å². The molecule has 1 saturated carbocycles. The van der Waals surface area contributed by atoms with Gasteiger partial charge in [0.05, 0.1) is 6.10 Å². The normalized spacial score (nSPS) is 20.7. The average Bonchev–Trinajstić information content (AvgIpc) is 2.63. The van der Waals surface area contributed by atoms with E-state index in [0.29, 0.717) is 11.7 Å². The van der Waals surface area contributed by atoms with E-state index < -0.39 is 0 Å². The molecule has 2 atom stereocenters. The van der Waals surface area contributed by atoms with Crippen LogP contribution >= 0.6 is 0 Å². The van der Waals surface area contributed by atoms with Gasteiger partial charge in [0.15, 0.2) is 0 Å². The summed E-state index contributed by atoms with van der Waals surface area (Å²) in [6.45, 7) is 6.87. The van der Waals surface area contributed by atoms with Gasteiger partial charge < -0.3 is 10.2 Å². The van der Waals surface area contributed by atoms with Crippen LogP contribution in [-0.2, 0) is 5.41 Å². The predicted molar refractivity (Wildman–Crippen MR) is 116 cm³/mol. The standard InChI is InChI=1S/C25H42O2/c1-4-5-6-7-8-9-10-11-17-25(2,3)21-15-16-23(24(27)19-21)20-13-12-14-22(26)18-20/h15-16,19-20,22,26-27H,4-14,17-18H2,1-3H3. The van der Waals surface area contributed by atoms with Gasteiger partial charge in [0.1, 0.15) is 5.75 Å². The summed E-state index contributed by atoms with van der Waals surface area (Å²) in [7, 11) is 0. The third-order valence-corrected chi connectivity index (χ3v) is 6.55. The summed E-state index contributed by atoms with van der Waals surface area (Å²) in [6.07, 6.45) is 15.6. The number of aromatic hydroxyl groups is 1. The van der Waals surface area contributed by atoms with Gasteiger partial charge in [0.2, 0.25) is 0 Å². The minimum absolute atomic E-state index is 0.101. The van der Waals surface area contributed by atoms with Gasteiger partial charge in [-0.1, -0.05) is 90.7 Å². The lowest BCUT2D eigenvalue weighted by atomic mass is 9.77. The van der Waals surface area contributed by atoms with Crippen LogP contribution in [0.3, 0.4) is 0 Å². The molecular weight excluding hydrogens is 332 g/mol. The van der Waals surface area contributed by atoms with E-state index in [4.69, 9.17) is 0 Å². The largest absolute Gasteiger partial charge is 0.508 e. The van der Waals surface area contributed by atoms with Crippen LogP contribution in [0.15, 0.2) is 18.2 Å². The van der Waals surface area contributed by atoms with Gasteiger partial charge in [-0.15, -0.1) is 0 Å². The van der Waals surface area contributed by atoms with E-state index >= 15 is 0 Å². The Labute approximate surface area is 167 Å². The van der Waals surface area contributed by atoms with Crippen LogP contribution in [0.2, 0.25) is 0 Å². The zero-order valence-electron chi connectivity index (χ0n) is 18.0. The highest BCUT2D eigenvalue weighted by molar-refractivity contribution is 5.41. The third-order valence-electron chi connectivity index (χ3n) is 6.55. The van der Waals surface area contributed by atoms with Crippen molar-refractivity contribution in [1.82, 2.24) is 0 Å². The molecule has 1 aliphatic carbocycles. The molecule has 0 aliphatic heterocycles. The molecule has 1 aromatic rings. The maximum atomic E-state index is 10.6. The van der Waals surface area contributed by atoms with E-state index in [-0.39, 0.29) is 11.5 Å². The first-order valence-electron chi connectivity index (χ1n) is 11.5. The molecule has 0 spiro atoms. The second-order valence-electron chi connectivity index (χ2n) is 9.40. The number of hydrogen-bond donors (Lipinski definition) is 2. The van der Waals surface area contributed by atoms with Crippen LogP contribution < -0.4 is 0 Å². The first-order valence-corrected chi connectivity index (χ1v) is 11.5. The number of hydrogen-bond acceptors (Lipinski definition) is 2. The minimum atomic E-state index is -0.207. The van der Waals surface area contributed by atoms with Crippen molar-refractivity contribution in [3.63, 3.8) is 0 Å². The molecule has 27 heavy (non-hydrogen) atoms. The molecule has 0 bridgehead atoms. The van der Waals surface area contributed by atoms with Gasteiger partial charge in [0, 0.05) is 0 Å². The number of aliphatic hydroxyl groups excluding tert-OH is 1. The van der Waals surface area contributed by atoms with Crippen molar-refractivity contribution in [3.05, 3.63) is 29.3 Å². The van der Waals surface area contributed by atoms with Crippen molar-refractivity contribution in [2.75, 3.05) is 0 Å². The molecule has 0 heterocycles. The van der Waals surface area contributed by atoms with E-state index in [1.165, 1.54) is 63.4 Å². The average molecular weight is 375 g/mol. The highest BCUT2D eigenvalue weighted by Gasteiger charge is 2.26. The molecule has 1 aliphatic rings. The quantitative estimate of drug-likeness (QED) is 0.401. The number of rotatable bonds is 11. The van der Waals surface area contributed by atoms with Crippen molar-refractivity contribution in [1.29, 1.82) is 0 Å². The fourth-order valence-corrected chi connectivity index (χ4v) is 4.60. The zero-order valence-corrected chi connectivity index (χ0v) is 18.0. The van der Waals surface area contributed by atoms with Crippen LogP contribution in [0.4, 0.5) is 0 Å². The van der Waals surface area contributed by atoms with Crippen LogP contribution in [0.1, 0.15) is 121 Å². The smallest absolute Gasteiger partial charge is 0.119 e. The fraction of sp³-hybridized carbons (Fsp3) is 0.760. The lowest BCUT2D eigenvalue weighted by Gasteiger charge is -2.29. The first kappa shape index (κ1) is 22.3. The highest BCUT2D eigenvalue weighted by atomic mass is 16.3. The van der Waals surface area contributed by atoms with E-state index in [9.17, 15) is 10.2 Å². The molecule has 0 amide bonds. The third kappa shape index (κ3) is 7.14. The van der Waals surface area contributed by atoms with E-state index in [1.807, 2.05) is 6.07 Å². The predicted octanol–water partition coefficient (Wildman–Crippen LogP) is 7.22. The zero-order chi connectivity index (χ0) is 19.7. The van der Waals surface area contributed by atoms with Crippen molar-refractivity contribution in [2.45, 2.75) is 122 Å². The maximum Gasteiger partial charge on any atom is 0.119 e. The summed E-state index contributed by atoms with van der Waals surface area (Å²) in [5.74, 6) is 0.731. The van der Waals surface area contributed by atoms with E-state index in [1.54, 1.807) is 0 Å². The van der Waals surface area contributed by atoms with Gasteiger partial charge in [-0.2, -0.15) is 0 Å². The SMILES string of the molecule is CCCCCCCCCCC(C)(C)c1ccc(C2CCCC(O)C2)c(O)c1. The Kier molecular flexibility index (Phi) is 9.15. The number of benzene rings is 1. The summed E-state index contributed by atoms with van der Waals surface area (Å²) < 4.78 is 0. The Morgan fingerprint density at radius 3 is 2.26 bits per heavy atom. The molecule has 0 radical (unpaired) electrons. The number of phenolic OH excluding ortho intramolecular Hbond substituents is 1. The van der Waals surface area contributed by atoms with Crippen LogP contribution in [-0.4, -0.2) is 16.3 Å². The van der Waals surface area contributed by atoms with Gasteiger partial charge in [-0.05, 0) is 54.2 Å². The monoisotopic (exact) mass is 374 g/mol. The van der Waals surface area contributed by atoms with Crippen molar-refractivity contribution in [2.24, 2.45) is 0 Å². The Bertz CT molecular complexity index is 549. The van der Waals surface area contributed by atoms with Gasteiger partial charge in [-0.25, -0.2) is 0 Å². The summed E-state index contributed by atoms with van der Waals surface area (Å²) in [5, 5.41) is 20.6. The molecule has 2 N–H and O–H groups in total. The van der Waals surface area contributed by atoms with Crippen molar-refractivity contribution in [3.8, 4) is 5.75 Å². The molecule has 154 valence electrons. The molecule has 0 aromatic heterocycles. The summed E-state index contributed by atoms with van der Waals surface area (Å²) >= 11 is 0. The summed E-state index contributed by atoms with van der Waals surface area (Å²) in [5.41, 5.74) is 2.37. The van der Waals surface area contributed by atoms with Gasteiger partial charge in [0.25, 0.3) is 0 Å². The Hall–Kier alpha value is -1.02. The van der Waals surface area contributed by atoms with Crippen molar-refractivity contribution < 1.29 is 10.2 Å². The molecule has 2 rings (SSSR count). The molecular formula is C25H42O2. The van der Waals surface area contributed by atoms with Crippen LogP contribution in [0.5, 0.6) is 5.75 Å². The maximum absolute atomic E-state index is 10.6. The Balaban J connectivity index is 1.82. The molecule has 1 fully saturated rings. The lowest BCUT2D eigenvalue weighted by molar-refractivity contribution is 0.119. The van der Waals surface area contributed by atoms with Crippen LogP contribution in [0, 0.1) is 0 Å². The Morgan fingerprint density at radius 1 is 0.963 bits per heavy atom. The molecule has 2 nitrogen and oxygen atoms in total. The topological polar surface area (TPSA) is 40.5 Å². The second-order valence-corrected chi connectivity index (χ2v) is 9.40. The first-order chi connectivity index (χ1) is 12.9. The Morgan fingerprint density at radius 2 is 1.63 bits per heavy atom.